The van der Waals surface area contributed by atoms with Gasteiger partial charge in [-0.1, -0.05) is 11.6 Å². The van der Waals surface area contributed by atoms with Crippen LogP contribution in [0.15, 0.2) is 36.4 Å². The third-order valence-corrected chi connectivity index (χ3v) is 3.04. The SMILES string of the molecule is N#Cc1ccc(Nc2ccc(Cl)cc2[N+](=O)[O-])c(C(=O)O)c1. The Balaban J connectivity index is 2.50. The second-order valence-corrected chi connectivity index (χ2v) is 4.66. The first-order valence-electron chi connectivity index (χ1n) is 5.91. The fraction of sp³-hybridized carbons (Fsp3) is 0. The summed E-state index contributed by atoms with van der Waals surface area (Å²) in [6.07, 6.45) is 0. The molecule has 0 atom stereocenters. The second-order valence-electron chi connectivity index (χ2n) is 4.22. The summed E-state index contributed by atoms with van der Waals surface area (Å²) in [6, 6.07) is 9.79. The molecule has 0 radical (unpaired) electrons. The number of anilines is 2. The summed E-state index contributed by atoms with van der Waals surface area (Å²) in [6.45, 7) is 0. The highest BCUT2D eigenvalue weighted by atomic mass is 35.5. The van der Waals surface area contributed by atoms with E-state index in [1.165, 1.54) is 30.3 Å². The molecule has 8 heteroatoms. The lowest BCUT2D eigenvalue weighted by Gasteiger charge is -2.10. The van der Waals surface area contributed by atoms with Crippen molar-refractivity contribution in [2.75, 3.05) is 5.32 Å². The largest absolute Gasteiger partial charge is 0.478 e. The maximum absolute atomic E-state index is 11.2. The number of nitrogens with one attached hydrogen (secondary N) is 1. The van der Waals surface area contributed by atoms with Crippen LogP contribution in [0.25, 0.3) is 0 Å². The van der Waals surface area contributed by atoms with E-state index in [0.29, 0.717) is 0 Å². The zero-order valence-corrected chi connectivity index (χ0v) is 11.7. The van der Waals surface area contributed by atoms with Gasteiger partial charge in [-0.05, 0) is 30.3 Å². The van der Waals surface area contributed by atoms with E-state index in [-0.39, 0.29) is 33.2 Å². The van der Waals surface area contributed by atoms with Crippen LogP contribution in [0.4, 0.5) is 17.1 Å². The lowest BCUT2D eigenvalue weighted by molar-refractivity contribution is -0.383. The molecule has 0 spiro atoms. The molecule has 2 aromatic rings. The molecule has 0 heterocycles. The average molecular weight is 318 g/mol. The van der Waals surface area contributed by atoms with E-state index in [2.05, 4.69) is 5.32 Å². The lowest BCUT2D eigenvalue weighted by atomic mass is 10.1. The molecule has 22 heavy (non-hydrogen) atoms. The molecule has 0 aliphatic heterocycles. The summed E-state index contributed by atoms with van der Waals surface area (Å²) in [4.78, 5) is 21.7. The number of nitro benzene ring substituents is 1. The molecule has 0 aliphatic carbocycles. The van der Waals surface area contributed by atoms with E-state index >= 15 is 0 Å². The van der Waals surface area contributed by atoms with Crippen molar-refractivity contribution in [3.63, 3.8) is 0 Å². The number of carboxylic acid groups (broad SMARTS) is 1. The van der Waals surface area contributed by atoms with Crippen molar-refractivity contribution >= 4 is 34.6 Å². The van der Waals surface area contributed by atoms with Crippen LogP contribution in [0.5, 0.6) is 0 Å². The first kappa shape index (κ1) is 15.3. The maximum atomic E-state index is 11.2. The van der Waals surface area contributed by atoms with Crippen LogP contribution in [0.2, 0.25) is 5.02 Å². The number of carboxylic acids is 1. The van der Waals surface area contributed by atoms with Crippen LogP contribution in [-0.2, 0) is 0 Å². The number of benzene rings is 2. The minimum Gasteiger partial charge on any atom is -0.478 e. The highest BCUT2D eigenvalue weighted by Crippen LogP contribution is 2.31. The van der Waals surface area contributed by atoms with Gasteiger partial charge in [0.15, 0.2) is 0 Å². The molecule has 0 saturated carbocycles. The molecule has 2 N–H and O–H groups in total. The standard InChI is InChI=1S/C14H8ClN3O4/c15-9-2-4-12(13(6-9)18(21)22)17-11-3-1-8(7-16)5-10(11)14(19)20/h1-6,17H,(H,19,20). The fourth-order valence-corrected chi connectivity index (χ4v) is 1.97. The van der Waals surface area contributed by atoms with Crippen molar-refractivity contribution in [1.29, 1.82) is 5.26 Å². The molecule has 2 rings (SSSR count). The van der Waals surface area contributed by atoms with E-state index in [1.54, 1.807) is 0 Å². The van der Waals surface area contributed by atoms with Crippen molar-refractivity contribution in [3.05, 3.63) is 62.7 Å². The first-order chi connectivity index (χ1) is 10.4. The molecular weight excluding hydrogens is 310 g/mol. The third-order valence-electron chi connectivity index (χ3n) is 2.80. The minimum absolute atomic E-state index is 0.0987. The van der Waals surface area contributed by atoms with Crippen LogP contribution in [0.1, 0.15) is 15.9 Å². The number of aromatic carboxylic acids is 1. The van der Waals surface area contributed by atoms with Gasteiger partial charge in [0.25, 0.3) is 5.69 Å². The predicted molar refractivity (Wildman–Crippen MR) is 79.5 cm³/mol. The first-order valence-corrected chi connectivity index (χ1v) is 6.28. The molecule has 0 saturated heterocycles. The molecule has 7 nitrogen and oxygen atoms in total. The van der Waals surface area contributed by atoms with E-state index in [9.17, 15) is 20.0 Å². The number of hydrogen-bond donors (Lipinski definition) is 2. The van der Waals surface area contributed by atoms with Gasteiger partial charge in [0, 0.05) is 11.1 Å². The molecule has 0 unspecified atom stereocenters. The Hall–Kier alpha value is -3.11. The van der Waals surface area contributed by atoms with Gasteiger partial charge in [-0.2, -0.15) is 5.26 Å². The highest BCUT2D eigenvalue weighted by Gasteiger charge is 2.17. The molecule has 0 aliphatic rings. The van der Waals surface area contributed by atoms with Crippen LogP contribution < -0.4 is 5.32 Å². The number of nitriles is 1. The Kier molecular flexibility index (Phi) is 4.25. The van der Waals surface area contributed by atoms with Crippen LogP contribution in [-0.4, -0.2) is 16.0 Å². The molecule has 2 aromatic carbocycles. The number of carbonyl (C=O) groups is 1. The predicted octanol–water partition coefficient (Wildman–Crippen LogP) is 3.56. The van der Waals surface area contributed by atoms with E-state index in [1.807, 2.05) is 6.07 Å². The normalized spacial score (nSPS) is 9.82. The summed E-state index contributed by atoms with van der Waals surface area (Å²) in [5.74, 6) is -1.25. The topological polar surface area (TPSA) is 116 Å². The summed E-state index contributed by atoms with van der Waals surface area (Å²) in [5.41, 5.74) is -0.0383. The molecular formula is C14H8ClN3O4. The second kappa shape index (κ2) is 6.11. The molecule has 110 valence electrons. The molecule has 0 amide bonds. The van der Waals surface area contributed by atoms with Gasteiger partial charge < -0.3 is 10.4 Å². The number of halogens is 1. The van der Waals surface area contributed by atoms with Crippen molar-refractivity contribution in [2.24, 2.45) is 0 Å². The van der Waals surface area contributed by atoms with E-state index in [0.717, 1.165) is 6.07 Å². The Morgan fingerprint density at radius 1 is 1.27 bits per heavy atom. The minimum atomic E-state index is -1.25. The van der Waals surface area contributed by atoms with Crippen molar-refractivity contribution in [2.45, 2.75) is 0 Å². The Bertz CT molecular complexity index is 814. The quantitative estimate of drug-likeness (QED) is 0.657. The van der Waals surface area contributed by atoms with Gasteiger partial charge in [-0.25, -0.2) is 4.79 Å². The number of hydrogen-bond acceptors (Lipinski definition) is 5. The molecule has 0 bridgehead atoms. The van der Waals surface area contributed by atoms with Crippen molar-refractivity contribution in [1.82, 2.24) is 0 Å². The van der Waals surface area contributed by atoms with Crippen LogP contribution in [0, 0.1) is 21.4 Å². The lowest BCUT2D eigenvalue weighted by Crippen LogP contribution is -2.04. The van der Waals surface area contributed by atoms with Crippen molar-refractivity contribution in [3.8, 4) is 6.07 Å². The summed E-state index contributed by atoms with van der Waals surface area (Å²) < 4.78 is 0. The third kappa shape index (κ3) is 3.13. The van der Waals surface area contributed by atoms with Gasteiger partial charge in [0.1, 0.15) is 5.69 Å². The van der Waals surface area contributed by atoms with Gasteiger partial charge >= 0.3 is 5.97 Å². The zero-order chi connectivity index (χ0) is 16.3. The van der Waals surface area contributed by atoms with Crippen LogP contribution in [0.3, 0.4) is 0 Å². The van der Waals surface area contributed by atoms with Gasteiger partial charge in [-0.3, -0.25) is 10.1 Å². The number of nitro groups is 1. The van der Waals surface area contributed by atoms with E-state index in [4.69, 9.17) is 16.9 Å². The number of nitrogens with zero attached hydrogens (tertiary/aromatic N) is 2. The monoisotopic (exact) mass is 317 g/mol. The average Bonchev–Trinajstić information content (AvgIpc) is 2.49. The zero-order valence-electron chi connectivity index (χ0n) is 10.9. The molecule has 0 aromatic heterocycles. The molecule has 0 fully saturated rings. The van der Waals surface area contributed by atoms with Gasteiger partial charge in [0.05, 0.1) is 27.8 Å². The van der Waals surface area contributed by atoms with E-state index < -0.39 is 10.9 Å². The Labute approximate surface area is 129 Å². The highest BCUT2D eigenvalue weighted by molar-refractivity contribution is 6.31. The maximum Gasteiger partial charge on any atom is 0.337 e. The Morgan fingerprint density at radius 2 is 1.95 bits per heavy atom. The van der Waals surface area contributed by atoms with Gasteiger partial charge in [-0.15, -0.1) is 0 Å². The smallest absolute Gasteiger partial charge is 0.337 e. The fourth-order valence-electron chi connectivity index (χ4n) is 1.81. The van der Waals surface area contributed by atoms with Gasteiger partial charge in [0.2, 0.25) is 0 Å². The number of rotatable bonds is 4. The summed E-state index contributed by atoms with van der Waals surface area (Å²) in [7, 11) is 0. The summed E-state index contributed by atoms with van der Waals surface area (Å²) in [5, 5.41) is 31.9. The summed E-state index contributed by atoms with van der Waals surface area (Å²) >= 11 is 5.72. The van der Waals surface area contributed by atoms with Crippen LogP contribution >= 0.6 is 11.6 Å². The Morgan fingerprint density at radius 3 is 2.55 bits per heavy atom. The van der Waals surface area contributed by atoms with Crippen molar-refractivity contribution < 1.29 is 14.8 Å².